The minimum absolute atomic E-state index is 0.205. The van der Waals surface area contributed by atoms with Crippen LogP contribution >= 0.6 is 0 Å². The summed E-state index contributed by atoms with van der Waals surface area (Å²) >= 11 is 0. The Labute approximate surface area is 127 Å². The molecule has 0 aromatic heterocycles. The maximum atomic E-state index is 13.8. The molecule has 0 unspecified atom stereocenters. The number of rotatable bonds is 7. The summed E-state index contributed by atoms with van der Waals surface area (Å²) in [6.45, 7) is 9.40. The van der Waals surface area contributed by atoms with Crippen molar-refractivity contribution in [2.75, 3.05) is 13.1 Å². The Morgan fingerprint density at radius 1 is 1.24 bits per heavy atom. The predicted molar refractivity (Wildman–Crippen MR) is 83.0 cm³/mol. The molecule has 120 valence electrons. The van der Waals surface area contributed by atoms with Crippen LogP contribution in [0.3, 0.4) is 0 Å². The lowest BCUT2D eigenvalue weighted by Crippen LogP contribution is -2.32. The van der Waals surface area contributed by atoms with Crippen LogP contribution in [0.2, 0.25) is 0 Å². The lowest BCUT2D eigenvalue weighted by atomic mass is 9.98. The van der Waals surface area contributed by atoms with Gasteiger partial charge in [0.15, 0.2) is 0 Å². The Morgan fingerprint density at radius 3 is 2.48 bits per heavy atom. The Bertz CT molecular complexity index is 566. The number of halogens is 1. The zero-order chi connectivity index (χ0) is 16.1. The molecule has 0 aliphatic carbocycles. The van der Waals surface area contributed by atoms with E-state index in [4.69, 9.17) is 0 Å². The Morgan fingerprint density at radius 2 is 1.90 bits per heavy atom. The number of benzene rings is 1. The van der Waals surface area contributed by atoms with E-state index in [1.54, 1.807) is 6.07 Å². The standard InChI is InChI=1S/C15H25FN2O2S/c1-5-8-17-10-12-6-7-13(16)14(9-12)21(19,20)18-11-15(2,3)4/h6-7,9,17-18H,5,8,10-11H2,1-4H3. The average Bonchev–Trinajstić information content (AvgIpc) is 2.38. The highest BCUT2D eigenvalue weighted by molar-refractivity contribution is 7.89. The molecule has 0 aliphatic heterocycles. The van der Waals surface area contributed by atoms with Crippen LogP contribution < -0.4 is 10.0 Å². The fourth-order valence-electron chi connectivity index (χ4n) is 1.66. The van der Waals surface area contributed by atoms with Gasteiger partial charge in [0.2, 0.25) is 10.0 Å². The molecular weight excluding hydrogens is 291 g/mol. The zero-order valence-electron chi connectivity index (χ0n) is 13.2. The van der Waals surface area contributed by atoms with Crippen molar-refractivity contribution < 1.29 is 12.8 Å². The first-order chi connectivity index (χ1) is 9.65. The van der Waals surface area contributed by atoms with E-state index in [2.05, 4.69) is 10.0 Å². The molecule has 0 aliphatic rings. The molecular formula is C15H25FN2O2S. The van der Waals surface area contributed by atoms with Gasteiger partial charge in [0.1, 0.15) is 10.7 Å². The number of nitrogens with one attached hydrogen (secondary N) is 2. The molecule has 0 fully saturated rings. The second kappa shape index (κ2) is 7.33. The monoisotopic (exact) mass is 316 g/mol. The minimum atomic E-state index is -3.83. The molecule has 0 bridgehead atoms. The lowest BCUT2D eigenvalue weighted by molar-refractivity contribution is 0.407. The van der Waals surface area contributed by atoms with Gasteiger partial charge >= 0.3 is 0 Å². The Balaban J connectivity index is 2.92. The first-order valence-corrected chi connectivity index (χ1v) is 8.63. The zero-order valence-corrected chi connectivity index (χ0v) is 14.0. The summed E-state index contributed by atoms with van der Waals surface area (Å²) in [5.41, 5.74) is 0.546. The molecule has 1 aromatic carbocycles. The summed E-state index contributed by atoms with van der Waals surface area (Å²) < 4.78 is 40.7. The molecule has 21 heavy (non-hydrogen) atoms. The third-order valence-corrected chi connectivity index (χ3v) is 4.25. The predicted octanol–water partition coefficient (Wildman–Crippen LogP) is 2.65. The van der Waals surface area contributed by atoms with Crippen molar-refractivity contribution in [2.45, 2.75) is 45.6 Å². The van der Waals surface area contributed by atoms with E-state index in [1.807, 2.05) is 27.7 Å². The quantitative estimate of drug-likeness (QED) is 0.760. The van der Waals surface area contributed by atoms with Gasteiger partial charge in [-0.3, -0.25) is 0 Å². The van der Waals surface area contributed by atoms with Crippen LogP contribution in [0.15, 0.2) is 23.1 Å². The molecule has 2 N–H and O–H groups in total. The second-order valence-corrected chi connectivity index (χ2v) is 8.06. The number of hydrogen-bond donors (Lipinski definition) is 2. The van der Waals surface area contributed by atoms with Crippen molar-refractivity contribution in [2.24, 2.45) is 5.41 Å². The molecule has 0 amide bonds. The van der Waals surface area contributed by atoms with Crippen LogP contribution in [0, 0.1) is 11.2 Å². The maximum Gasteiger partial charge on any atom is 0.243 e. The third-order valence-electron chi connectivity index (χ3n) is 2.83. The van der Waals surface area contributed by atoms with Crippen molar-refractivity contribution in [1.82, 2.24) is 10.0 Å². The van der Waals surface area contributed by atoms with E-state index in [-0.39, 0.29) is 16.9 Å². The molecule has 0 atom stereocenters. The molecule has 6 heteroatoms. The van der Waals surface area contributed by atoms with Crippen LogP contribution in [0.25, 0.3) is 0 Å². The highest BCUT2D eigenvalue weighted by Gasteiger charge is 2.22. The molecule has 1 aromatic rings. The number of hydrogen-bond acceptors (Lipinski definition) is 3. The SMILES string of the molecule is CCCNCc1ccc(F)c(S(=O)(=O)NCC(C)(C)C)c1. The fourth-order valence-corrected chi connectivity index (χ4v) is 3.07. The van der Waals surface area contributed by atoms with Crippen molar-refractivity contribution >= 4 is 10.0 Å². The van der Waals surface area contributed by atoms with Crippen LogP contribution in [-0.4, -0.2) is 21.5 Å². The first kappa shape index (κ1) is 18.1. The summed E-state index contributed by atoms with van der Waals surface area (Å²) in [6, 6.07) is 4.19. The molecule has 0 spiro atoms. The van der Waals surface area contributed by atoms with Crippen molar-refractivity contribution in [1.29, 1.82) is 0 Å². The molecule has 0 saturated carbocycles. The van der Waals surface area contributed by atoms with E-state index in [1.165, 1.54) is 12.1 Å². The van der Waals surface area contributed by atoms with Crippen LogP contribution in [0.5, 0.6) is 0 Å². The summed E-state index contributed by atoms with van der Waals surface area (Å²) in [4.78, 5) is -0.289. The highest BCUT2D eigenvalue weighted by Crippen LogP contribution is 2.18. The van der Waals surface area contributed by atoms with Crippen molar-refractivity contribution in [3.63, 3.8) is 0 Å². The molecule has 0 radical (unpaired) electrons. The highest BCUT2D eigenvalue weighted by atomic mass is 32.2. The van der Waals surface area contributed by atoms with E-state index in [0.29, 0.717) is 6.54 Å². The van der Waals surface area contributed by atoms with Crippen molar-refractivity contribution in [3.8, 4) is 0 Å². The molecule has 4 nitrogen and oxygen atoms in total. The molecule has 0 heterocycles. The summed E-state index contributed by atoms with van der Waals surface area (Å²) in [5, 5.41) is 3.17. The summed E-state index contributed by atoms with van der Waals surface area (Å²) in [7, 11) is -3.83. The third kappa shape index (κ3) is 6.11. The molecule has 0 saturated heterocycles. The van der Waals surface area contributed by atoms with Gasteiger partial charge in [-0.2, -0.15) is 0 Å². The van der Waals surface area contributed by atoms with Gasteiger partial charge < -0.3 is 5.32 Å². The maximum absolute atomic E-state index is 13.8. The van der Waals surface area contributed by atoms with Gasteiger partial charge in [-0.25, -0.2) is 17.5 Å². The molecule has 1 rings (SSSR count). The van der Waals surface area contributed by atoms with Crippen LogP contribution in [-0.2, 0) is 16.6 Å². The second-order valence-electron chi connectivity index (χ2n) is 6.33. The van der Waals surface area contributed by atoms with Crippen molar-refractivity contribution in [3.05, 3.63) is 29.6 Å². The van der Waals surface area contributed by atoms with Gasteiger partial charge in [-0.1, -0.05) is 33.8 Å². The first-order valence-electron chi connectivity index (χ1n) is 7.14. The summed E-state index contributed by atoms with van der Waals surface area (Å²) in [6.07, 6.45) is 0.986. The summed E-state index contributed by atoms with van der Waals surface area (Å²) in [5.74, 6) is -0.726. The van der Waals surface area contributed by atoms with E-state index < -0.39 is 15.8 Å². The van der Waals surface area contributed by atoms with Gasteiger partial charge in [-0.05, 0) is 36.1 Å². The van der Waals surface area contributed by atoms with Crippen LogP contribution in [0.1, 0.15) is 39.7 Å². The van der Waals surface area contributed by atoms with Gasteiger partial charge in [0, 0.05) is 13.1 Å². The smallest absolute Gasteiger partial charge is 0.243 e. The van der Waals surface area contributed by atoms with Gasteiger partial charge in [0.05, 0.1) is 0 Å². The largest absolute Gasteiger partial charge is 0.313 e. The van der Waals surface area contributed by atoms with Gasteiger partial charge in [0.25, 0.3) is 0 Å². The normalized spacial score (nSPS) is 12.6. The Kier molecular flexibility index (Phi) is 6.31. The topological polar surface area (TPSA) is 58.2 Å². The fraction of sp³-hybridized carbons (Fsp3) is 0.600. The van der Waals surface area contributed by atoms with Gasteiger partial charge in [-0.15, -0.1) is 0 Å². The van der Waals surface area contributed by atoms with Crippen LogP contribution in [0.4, 0.5) is 4.39 Å². The average molecular weight is 316 g/mol. The minimum Gasteiger partial charge on any atom is -0.313 e. The number of sulfonamides is 1. The van der Waals surface area contributed by atoms with E-state index >= 15 is 0 Å². The van der Waals surface area contributed by atoms with E-state index in [9.17, 15) is 12.8 Å². The lowest BCUT2D eigenvalue weighted by Gasteiger charge is -2.19. The Hall–Kier alpha value is -0.980. The van der Waals surface area contributed by atoms with E-state index in [0.717, 1.165) is 18.5 Å².